The molecule has 1 saturated heterocycles. The van der Waals surface area contributed by atoms with E-state index in [0.717, 1.165) is 49.1 Å². The average molecular weight is 396 g/mol. The van der Waals surface area contributed by atoms with Crippen LogP contribution in [-0.4, -0.2) is 43.7 Å². The first kappa shape index (κ1) is 18.9. The minimum absolute atomic E-state index is 0.376. The Morgan fingerprint density at radius 1 is 1.11 bits per heavy atom. The number of benzene rings is 2. The molecule has 0 bridgehead atoms. The number of likely N-dealkylation sites (tertiary alicyclic amines) is 1. The van der Waals surface area contributed by atoms with Gasteiger partial charge in [-0.2, -0.15) is 0 Å². The first-order valence-corrected chi connectivity index (χ1v) is 11.5. The number of sulfone groups is 1. The molecule has 0 spiro atoms. The summed E-state index contributed by atoms with van der Waals surface area (Å²) in [7, 11) is -3.14. The average Bonchev–Trinajstić information content (AvgIpc) is 2.68. The number of hydrogen-bond acceptors (Lipinski definition) is 5. The SMILES string of the molecule is CS(=O)(=O)c1ccc(CN2CCC[C@@H](Nc3ccc4cnccc4c3)C2)cc1. The van der Waals surface area contributed by atoms with Gasteiger partial charge in [0.25, 0.3) is 0 Å². The zero-order valence-electron chi connectivity index (χ0n) is 16.0. The maximum absolute atomic E-state index is 11.6. The third kappa shape index (κ3) is 4.51. The number of nitrogens with zero attached hydrogens (tertiary/aromatic N) is 2. The highest BCUT2D eigenvalue weighted by Crippen LogP contribution is 2.22. The summed E-state index contributed by atoms with van der Waals surface area (Å²) in [5, 5.41) is 6.02. The van der Waals surface area contributed by atoms with E-state index in [4.69, 9.17) is 0 Å². The standard InChI is InChI=1S/C22H25N3O2S/c1-28(26,27)22-8-4-17(5-9-22)15-25-12-2-3-21(16-25)24-20-7-6-19-14-23-11-10-18(19)13-20/h4-11,13-14,21,24H,2-3,12,15-16H2,1H3/t21-/m1/s1. The van der Waals surface area contributed by atoms with Gasteiger partial charge in [-0.05, 0) is 60.7 Å². The molecular weight excluding hydrogens is 370 g/mol. The maximum atomic E-state index is 11.6. The van der Waals surface area contributed by atoms with Crippen LogP contribution < -0.4 is 5.32 Å². The molecule has 0 aliphatic carbocycles. The number of rotatable bonds is 5. The Bertz CT molecular complexity index is 1060. The highest BCUT2D eigenvalue weighted by molar-refractivity contribution is 7.90. The van der Waals surface area contributed by atoms with Crippen molar-refractivity contribution < 1.29 is 8.42 Å². The second-order valence-electron chi connectivity index (χ2n) is 7.57. The van der Waals surface area contributed by atoms with Crippen LogP contribution in [0.5, 0.6) is 0 Å². The van der Waals surface area contributed by atoms with Crippen LogP contribution in [0.2, 0.25) is 0 Å². The van der Waals surface area contributed by atoms with Gasteiger partial charge < -0.3 is 5.32 Å². The lowest BCUT2D eigenvalue weighted by Gasteiger charge is -2.33. The Hall–Kier alpha value is -2.44. The Morgan fingerprint density at radius 2 is 1.93 bits per heavy atom. The summed E-state index contributed by atoms with van der Waals surface area (Å²) in [5.41, 5.74) is 2.29. The van der Waals surface area contributed by atoms with Gasteiger partial charge in [-0.15, -0.1) is 0 Å². The van der Waals surface area contributed by atoms with Gasteiger partial charge in [-0.1, -0.05) is 18.2 Å². The number of aromatic nitrogens is 1. The van der Waals surface area contributed by atoms with E-state index in [0.29, 0.717) is 10.9 Å². The van der Waals surface area contributed by atoms with E-state index < -0.39 is 9.84 Å². The largest absolute Gasteiger partial charge is 0.381 e. The fourth-order valence-corrected chi connectivity index (χ4v) is 4.46. The first-order valence-electron chi connectivity index (χ1n) is 9.59. The van der Waals surface area contributed by atoms with Crippen LogP contribution in [0, 0.1) is 0 Å². The molecule has 0 saturated carbocycles. The predicted octanol–water partition coefficient (Wildman–Crippen LogP) is 3.71. The van der Waals surface area contributed by atoms with Crippen molar-refractivity contribution in [3.05, 3.63) is 66.5 Å². The van der Waals surface area contributed by atoms with Crippen LogP contribution in [0.1, 0.15) is 18.4 Å². The lowest BCUT2D eigenvalue weighted by Crippen LogP contribution is -2.41. The van der Waals surface area contributed by atoms with Gasteiger partial charge >= 0.3 is 0 Å². The molecule has 1 aliphatic heterocycles. The first-order chi connectivity index (χ1) is 13.5. The van der Waals surface area contributed by atoms with Crippen molar-refractivity contribution in [1.82, 2.24) is 9.88 Å². The summed E-state index contributed by atoms with van der Waals surface area (Å²) < 4.78 is 23.2. The second kappa shape index (κ2) is 7.89. The summed E-state index contributed by atoms with van der Waals surface area (Å²) in [6.45, 7) is 2.88. The van der Waals surface area contributed by atoms with E-state index >= 15 is 0 Å². The van der Waals surface area contributed by atoms with Gasteiger partial charge in [0, 0.05) is 48.9 Å². The van der Waals surface area contributed by atoms with Crippen LogP contribution >= 0.6 is 0 Å². The second-order valence-corrected chi connectivity index (χ2v) is 9.59. The number of anilines is 1. The number of fused-ring (bicyclic) bond motifs is 1. The summed E-state index contributed by atoms with van der Waals surface area (Å²) in [5.74, 6) is 0. The lowest BCUT2D eigenvalue weighted by molar-refractivity contribution is 0.208. The van der Waals surface area contributed by atoms with Gasteiger partial charge in [0.05, 0.1) is 4.90 Å². The van der Waals surface area contributed by atoms with Crippen molar-refractivity contribution in [3.8, 4) is 0 Å². The van der Waals surface area contributed by atoms with Gasteiger partial charge in [0.15, 0.2) is 9.84 Å². The topological polar surface area (TPSA) is 62.3 Å². The van der Waals surface area contributed by atoms with Gasteiger partial charge in [0.2, 0.25) is 0 Å². The third-order valence-corrected chi connectivity index (χ3v) is 6.40. The van der Waals surface area contributed by atoms with Crippen LogP contribution in [0.4, 0.5) is 5.69 Å². The van der Waals surface area contributed by atoms with Crippen LogP contribution in [0.15, 0.2) is 65.8 Å². The van der Waals surface area contributed by atoms with Crippen molar-refractivity contribution >= 4 is 26.3 Å². The minimum atomic E-state index is -3.14. The fourth-order valence-electron chi connectivity index (χ4n) is 3.83. The number of hydrogen-bond donors (Lipinski definition) is 1. The van der Waals surface area contributed by atoms with E-state index in [9.17, 15) is 8.42 Å². The molecule has 1 fully saturated rings. The summed E-state index contributed by atoms with van der Waals surface area (Å²) >= 11 is 0. The number of pyridine rings is 1. The lowest BCUT2D eigenvalue weighted by atomic mass is 10.0. The highest BCUT2D eigenvalue weighted by Gasteiger charge is 2.20. The van der Waals surface area contributed by atoms with Gasteiger partial charge in [-0.3, -0.25) is 9.88 Å². The fraction of sp³-hybridized carbons (Fsp3) is 0.318. The molecule has 2 aromatic carbocycles. The smallest absolute Gasteiger partial charge is 0.175 e. The molecule has 5 nitrogen and oxygen atoms in total. The molecule has 1 N–H and O–H groups in total. The monoisotopic (exact) mass is 395 g/mol. The molecule has 3 aromatic rings. The Labute approximate surface area is 166 Å². The van der Waals surface area contributed by atoms with E-state index in [1.54, 1.807) is 12.1 Å². The normalized spacial score (nSPS) is 18.2. The summed E-state index contributed by atoms with van der Waals surface area (Å²) in [6.07, 6.45) is 7.25. The summed E-state index contributed by atoms with van der Waals surface area (Å²) in [6, 6.07) is 16.1. The van der Waals surface area contributed by atoms with Gasteiger partial charge in [0.1, 0.15) is 0 Å². The Kier molecular flexibility index (Phi) is 5.33. The van der Waals surface area contributed by atoms with Crippen molar-refractivity contribution in [3.63, 3.8) is 0 Å². The van der Waals surface area contributed by atoms with Crippen molar-refractivity contribution in [2.24, 2.45) is 0 Å². The summed E-state index contributed by atoms with van der Waals surface area (Å²) in [4.78, 5) is 6.97. The molecule has 1 aliphatic rings. The van der Waals surface area contributed by atoms with Crippen molar-refractivity contribution in [2.75, 3.05) is 24.7 Å². The zero-order chi connectivity index (χ0) is 19.6. The number of piperidine rings is 1. The van der Waals surface area contributed by atoms with Gasteiger partial charge in [-0.25, -0.2) is 8.42 Å². The molecule has 2 heterocycles. The highest BCUT2D eigenvalue weighted by atomic mass is 32.2. The number of nitrogens with one attached hydrogen (secondary N) is 1. The van der Waals surface area contributed by atoms with E-state index in [2.05, 4.69) is 33.4 Å². The minimum Gasteiger partial charge on any atom is -0.381 e. The maximum Gasteiger partial charge on any atom is 0.175 e. The quantitative estimate of drug-likeness (QED) is 0.713. The molecule has 4 rings (SSSR count). The van der Waals surface area contributed by atoms with Crippen LogP contribution in [-0.2, 0) is 16.4 Å². The molecule has 1 aromatic heterocycles. The van der Waals surface area contributed by atoms with E-state index in [1.165, 1.54) is 11.6 Å². The molecule has 1 atom stereocenters. The molecular formula is C22H25N3O2S. The van der Waals surface area contributed by atoms with Crippen LogP contribution in [0.3, 0.4) is 0 Å². The zero-order valence-corrected chi connectivity index (χ0v) is 16.8. The molecule has 0 radical (unpaired) electrons. The molecule has 146 valence electrons. The van der Waals surface area contributed by atoms with Crippen LogP contribution in [0.25, 0.3) is 10.8 Å². The van der Waals surface area contributed by atoms with E-state index in [-0.39, 0.29) is 0 Å². The molecule has 0 unspecified atom stereocenters. The third-order valence-electron chi connectivity index (χ3n) is 5.27. The molecule has 28 heavy (non-hydrogen) atoms. The Morgan fingerprint density at radius 3 is 2.71 bits per heavy atom. The Balaban J connectivity index is 1.39. The van der Waals surface area contributed by atoms with Crippen molar-refractivity contribution in [2.45, 2.75) is 30.3 Å². The van der Waals surface area contributed by atoms with E-state index in [1.807, 2.05) is 30.6 Å². The molecule has 6 heteroatoms. The predicted molar refractivity (Wildman–Crippen MR) is 113 cm³/mol. The van der Waals surface area contributed by atoms with Crippen molar-refractivity contribution in [1.29, 1.82) is 0 Å². The molecule has 0 amide bonds.